The summed E-state index contributed by atoms with van der Waals surface area (Å²) in [6.07, 6.45) is 7.91. The van der Waals surface area contributed by atoms with Gasteiger partial charge in [0, 0.05) is 16.2 Å². The second-order valence-corrected chi connectivity index (χ2v) is 6.85. The molecule has 0 aromatic heterocycles. The number of carbonyl (C=O) groups is 1. The maximum absolute atomic E-state index is 12.3. The molecule has 2 aromatic carbocycles. The fourth-order valence-corrected chi connectivity index (χ4v) is 3.75. The highest BCUT2D eigenvalue weighted by atomic mass is 32.2. The van der Waals surface area contributed by atoms with Crippen LogP contribution >= 0.6 is 11.8 Å². The van der Waals surface area contributed by atoms with Gasteiger partial charge in [-0.05, 0) is 37.1 Å². The molecular formula is C21H21NOS. The number of hydrogen-bond donors (Lipinski definition) is 1. The molecule has 0 saturated heterocycles. The van der Waals surface area contributed by atoms with Gasteiger partial charge in [0.05, 0.1) is 5.41 Å². The van der Waals surface area contributed by atoms with E-state index < -0.39 is 11.3 Å². The molecule has 2 nitrogen and oxygen atoms in total. The van der Waals surface area contributed by atoms with Gasteiger partial charge in [0.1, 0.15) is 0 Å². The Hall–Kier alpha value is -2.44. The molecule has 0 saturated carbocycles. The van der Waals surface area contributed by atoms with Crippen LogP contribution in [0.4, 0.5) is 0 Å². The zero-order valence-electron chi connectivity index (χ0n) is 13.8. The average Bonchev–Trinajstić information content (AvgIpc) is 2.57. The third-order valence-corrected chi connectivity index (χ3v) is 5.10. The minimum absolute atomic E-state index is 0.250. The van der Waals surface area contributed by atoms with E-state index in [1.54, 1.807) is 17.8 Å². The summed E-state index contributed by atoms with van der Waals surface area (Å²) >= 11 is 1.61. The highest BCUT2D eigenvalue weighted by Gasteiger charge is 2.38. The van der Waals surface area contributed by atoms with Gasteiger partial charge in [-0.25, -0.2) is 0 Å². The van der Waals surface area contributed by atoms with Crippen molar-refractivity contribution in [1.82, 2.24) is 0 Å². The number of carbonyl (C=O) groups excluding carboxylic acids is 1. The molecule has 0 aliphatic carbocycles. The van der Waals surface area contributed by atoms with Crippen molar-refractivity contribution in [3.63, 3.8) is 0 Å². The summed E-state index contributed by atoms with van der Waals surface area (Å²) in [5.41, 5.74) is 6.91. The van der Waals surface area contributed by atoms with Crippen LogP contribution in [0.25, 0.3) is 0 Å². The first-order chi connectivity index (χ1) is 11.5. The van der Waals surface area contributed by atoms with Gasteiger partial charge in [0.15, 0.2) is 0 Å². The lowest BCUT2D eigenvalue weighted by Crippen LogP contribution is -2.41. The van der Waals surface area contributed by atoms with E-state index in [9.17, 15) is 4.79 Å². The van der Waals surface area contributed by atoms with Crippen LogP contribution in [0.3, 0.4) is 0 Å². The molecule has 0 radical (unpaired) electrons. The van der Waals surface area contributed by atoms with E-state index in [2.05, 4.69) is 43.7 Å². The molecule has 122 valence electrons. The highest BCUT2D eigenvalue weighted by Crippen LogP contribution is 2.40. The van der Waals surface area contributed by atoms with Crippen molar-refractivity contribution in [3.8, 4) is 12.3 Å². The van der Waals surface area contributed by atoms with Crippen LogP contribution in [-0.2, 0) is 10.2 Å². The number of hydrogen-bond acceptors (Lipinski definition) is 2. The lowest BCUT2D eigenvalue weighted by Gasteiger charge is -2.30. The van der Waals surface area contributed by atoms with Crippen molar-refractivity contribution >= 4 is 17.7 Å². The number of aryl methyl sites for hydroxylation is 1. The summed E-state index contributed by atoms with van der Waals surface area (Å²) < 4.78 is 0. The first-order valence-corrected chi connectivity index (χ1v) is 8.53. The second kappa shape index (κ2) is 7.90. The van der Waals surface area contributed by atoms with E-state index >= 15 is 0 Å². The number of allylic oxidation sites excluding steroid dienone is 1. The Labute approximate surface area is 148 Å². The molecule has 1 atom stereocenters. The predicted molar refractivity (Wildman–Crippen MR) is 101 cm³/mol. The Morgan fingerprint density at radius 2 is 1.96 bits per heavy atom. The van der Waals surface area contributed by atoms with Gasteiger partial charge in [-0.1, -0.05) is 53.7 Å². The molecule has 2 aromatic rings. The fraction of sp³-hybridized carbons (Fsp3) is 0.190. The van der Waals surface area contributed by atoms with E-state index in [0.717, 1.165) is 15.4 Å². The molecule has 24 heavy (non-hydrogen) atoms. The van der Waals surface area contributed by atoms with Gasteiger partial charge < -0.3 is 5.73 Å². The maximum Gasteiger partial charge on any atom is 0.229 e. The molecule has 0 unspecified atom stereocenters. The van der Waals surface area contributed by atoms with Gasteiger partial charge in [0.25, 0.3) is 0 Å². The van der Waals surface area contributed by atoms with E-state index in [-0.39, 0.29) is 6.42 Å². The lowest BCUT2D eigenvalue weighted by atomic mass is 9.74. The van der Waals surface area contributed by atoms with Gasteiger partial charge in [-0.3, -0.25) is 4.79 Å². The highest BCUT2D eigenvalue weighted by molar-refractivity contribution is 7.99. The van der Waals surface area contributed by atoms with E-state index in [4.69, 9.17) is 12.2 Å². The van der Waals surface area contributed by atoms with Crippen molar-refractivity contribution in [2.75, 3.05) is 0 Å². The molecule has 0 aliphatic rings. The van der Waals surface area contributed by atoms with Crippen LogP contribution in [0.1, 0.15) is 24.0 Å². The summed E-state index contributed by atoms with van der Waals surface area (Å²) in [6, 6.07) is 16.1. The molecule has 0 heterocycles. The van der Waals surface area contributed by atoms with Crippen LogP contribution in [0, 0.1) is 19.3 Å². The SMILES string of the molecule is C#CC[C@](CC=C)(C(N)=O)c1ccccc1Sc1ccc(C)cc1. The number of terminal acetylenes is 1. The molecule has 2 rings (SSSR count). The van der Waals surface area contributed by atoms with Crippen molar-refractivity contribution in [2.45, 2.75) is 35.0 Å². The van der Waals surface area contributed by atoms with E-state index in [1.807, 2.05) is 24.3 Å². The van der Waals surface area contributed by atoms with Crippen LogP contribution in [-0.4, -0.2) is 5.91 Å². The molecule has 0 aliphatic heterocycles. The summed E-state index contributed by atoms with van der Waals surface area (Å²) in [4.78, 5) is 14.4. The Bertz CT molecular complexity index is 773. The molecule has 3 heteroatoms. The van der Waals surface area contributed by atoms with Crippen LogP contribution < -0.4 is 5.73 Å². The number of nitrogens with two attached hydrogens (primary N) is 1. The van der Waals surface area contributed by atoms with Crippen LogP contribution in [0.5, 0.6) is 0 Å². The Kier molecular flexibility index (Phi) is 5.89. The van der Waals surface area contributed by atoms with E-state index in [0.29, 0.717) is 6.42 Å². The molecule has 0 spiro atoms. The van der Waals surface area contributed by atoms with Crippen molar-refractivity contribution < 1.29 is 4.79 Å². The van der Waals surface area contributed by atoms with Gasteiger partial charge >= 0.3 is 0 Å². The van der Waals surface area contributed by atoms with Gasteiger partial charge in [-0.15, -0.1) is 18.9 Å². The molecule has 1 amide bonds. The topological polar surface area (TPSA) is 43.1 Å². The number of primary amides is 1. The normalized spacial score (nSPS) is 12.8. The summed E-state index contributed by atoms with van der Waals surface area (Å²) in [6.45, 7) is 5.83. The standard InChI is InChI=1S/C21H21NOS/c1-4-14-21(15-5-2,20(22)23)18-8-6-7-9-19(18)24-17-12-10-16(3)11-13-17/h1,5-13H,2,14-15H2,3H3,(H2,22,23)/t21-/m1/s1. The first-order valence-electron chi connectivity index (χ1n) is 7.72. The molecular weight excluding hydrogens is 314 g/mol. The average molecular weight is 335 g/mol. The van der Waals surface area contributed by atoms with Gasteiger partial charge in [-0.2, -0.15) is 0 Å². The molecule has 2 N–H and O–H groups in total. The first kappa shape index (κ1) is 17.9. The number of rotatable bonds is 7. The third-order valence-electron chi connectivity index (χ3n) is 4.02. The monoisotopic (exact) mass is 335 g/mol. The largest absolute Gasteiger partial charge is 0.369 e. The summed E-state index contributed by atoms with van der Waals surface area (Å²) in [7, 11) is 0. The Balaban J connectivity index is 2.52. The Morgan fingerprint density at radius 3 is 2.54 bits per heavy atom. The van der Waals surface area contributed by atoms with Crippen LogP contribution in [0.15, 0.2) is 71.0 Å². The Morgan fingerprint density at radius 1 is 1.29 bits per heavy atom. The summed E-state index contributed by atoms with van der Waals surface area (Å²) in [5, 5.41) is 0. The molecule has 0 fully saturated rings. The van der Waals surface area contributed by atoms with E-state index in [1.165, 1.54) is 5.56 Å². The van der Waals surface area contributed by atoms with Crippen molar-refractivity contribution in [2.24, 2.45) is 5.73 Å². The van der Waals surface area contributed by atoms with Crippen LogP contribution in [0.2, 0.25) is 0 Å². The zero-order chi connectivity index (χ0) is 17.6. The van der Waals surface area contributed by atoms with Crippen molar-refractivity contribution in [1.29, 1.82) is 0 Å². The lowest BCUT2D eigenvalue weighted by molar-refractivity contribution is -0.123. The van der Waals surface area contributed by atoms with Crippen molar-refractivity contribution in [3.05, 3.63) is 72.3 Å². The quantitative estimate of drug-likeness (QED) is 0.599. The van der Waals surface area contributed by atoms with Gasteiger partial charge in [0.2, 0.25) is 5.91 Å². The third kappa shape index (κ3) is 3.72. The number of benzene rings is 2. The number of amides is 1. The minimum atomic E-state index is -0.926. The second-order valence-electron chi connectivity index (χ2n) is 5.73. The predicted octanol–water partition coefficient (Wildman–Crippen LogP) is 4.47. The smallest absolute Gasteiger partial charge is 0.229 e. The minimum Gasteiger partial charge on any atom is -0.369 e. The summed E-state index contributed by atoms with van der Waals surface area (Å²) in [5.74, 6) is 2.19. The fourth-order valence-electron chi connectivity index (χ4n) is 2.70. The zero-order valence-corrected chi connectivity index (χ0v) is 14.6. The maximum atomic E-state index is 12.3. The molecule has 0 bridgehead atoms.